The first-order valence-electron chi connectivity index (χ1n) is 6.30. The van der Waals surface area contributed by atoms with Gasteiger partial charge < -0.3 is 4.90 Å². The molecule has 0 unspecified atom stereocenters. The number of anilines is 1. The second-order valence-corrected chi connectivity index (χ2v) is 4.95. The van der Waals surface area contributed by atoms with Crippen LogP contribution in [0.1, 0.15) is 16.1 Å². The Morgan fingerprint density at radius 1 is 1.23 bits per heavy atom. The van der Waals surface area contributed by atoms with Gasteiger partial charge in [-0.3, -0.25) is 9.36 Å². The number of alkyl halides is 3. The first kappa shape index (κ1) is 15.9. The summed E-state index contributed by atoms with van der Waals surface area (Å²) in [4.78, 5) is 25.0. The fourth-order valence-corrected chi connectivity index (χ4v) is 2.22. The van der Waals surface area contributed by atoms with Crippen molar-refractivity contribution in [3.05, 3.63) is 46.0 Å². The van der Waals surface area contributed by atoms with Crippen molar-refractivity contribution in [3.8, 4) is 5.69 Å². The van der Waals surface area contributed by atoms with Gasteiger partial charge in [-0.2, -0.15) is 13.2 Å². The van der Waals surface area contributed by atoms with Crippen LogP contribution in [-0.2, 0) is 13.2 Å². The van der Waals surface area contributed by atoms with Crippen LogP contribution in [0, 0.1) is 0 Å². The van der Waals surface area contributed by atoms with Gasteiger partial charge in [0.1, 0.15) is 11.5 Å². The molecule has 0 N–H and O–H groups in total. The van der Waals surface area contributed by atoms with Crippen molar-refractivity contribution in [2.24, 2.45) is 7.05 Å². The van der Waals surface area contributed by atoms with Crippen LogP contribution in [0.3, 0.4) is 0 Å². The normalized spacial score (nSPS) is 11.5. The van der Waals surface area contributed by atoms with E-state index in [9.17, 15) is 22.8 Å². The number of imidazole rings is 1. The van der Waals surface area contributed by atoms with Gasteiger partial charge in [-0.1, -0.05) is 6.07 Å². The zero-order valence-electron chi connectivity index (χ0n) is 12.2. The lowest BCUT2D eigenvalue weighted by atomic mass is 10.2. The van der Waals surface area contributed by atoms with Crippen molar-refractivity contribution in [3.63, 3.8) is 0 Å². The number of carbonyl (C=O) groups is 1. The number of hydrogen-bond acceptors (Lipinski definition) is 3. The molecule has 0 aliphatic carbocycles. The lowest BCUT2D eigenvalue weighted by Crippen LogP contribution is -2.24. The fourth-order valence-electron chi connectivity index (χ4n) is 2.22. The molecular formula is C14H14F3N3O2. The monoisotopic (exact) mass is 313 g/mol. The molecule has 22 heavy (non-hydrogen) atoms. The van der Waals surface area contributed by atoms with Gasteiger partial charge in [-0.25, -0.2) is 9.36 Å². The molecule has 0 atom stereocenters. The summed E-state index contributed by atoms with van der Waals surface area (Å²) < 4.78 is 40.7. The molecule has 2 aromatic rings. The Bertz CT molecular complexity index is 773. The van der Waals surface area contributed by atoms with Gasteiger partial charge >= 0.3 is 11.9 Å². The first-order chi connectivity index (χ1) is 10.2. The van der Waals surface area contributed by atoms with Crippen molar-refractivity contribution >= 4 is 12.1 Å². The van der Waals surface area contributed by atoms with E-state index < -0.39 is 17.4 Å². The van der Waals surface area contributed by atoms with Crippen molar-refractivity contribution in [1.29, 1.82) is 0 Å². The third-order valence-corrected chi connectivity index (χ3v) is 3.25. The summed E-state index contributed by atoms with van der Waals surface area (Å²) in [7, 11) is 4.60. The molecule has 1 heterocycles. The number of carbonyl (C=O) groups excluding carboxylic acids is 1. The molecule has 0 amide bonds. The Kier molecular flexibility index (Phi) is 3.87. The Balaban J connectivity index is 2.79. The Labute approximate surface area is 124 Å². The highest BCUT2D eigenvalue weighted by Gasteiger charge is 2.31. The maximum atomic E-state index is 12.8. The molecule has 0 aliphatic rings. The van der Waals surface area contributed by atoms with E-state index in [1.54, 1.807) is 14.1 Å². The summed E-state index contributed by atoms with van der Waals surface area (Å²) in [5, 5.41) is 0. The van der Waals surface area contributed by atoms with Crippen LogP contribution in [0.4, 0.5) is 19.0 Å². The second-order valence-electron chi connectivity index (χ2n) is 4.95. The van der Waals surface area contributed by atoms with Crippen LogP contribution >= 0.6 is 0 Å². The van der Waals surface area contributed by atoms with Crippen LogP contribution in [-0.4, -0.2) is 29.5 Å². The third-order valence-electron chi connectivity index (χ3n) is 3.25. The number of nitrogens with zero attached hydrogens (tertiary/aromatic N) is 3. The van der Waals surface area contributed by atoms with Gasteiger partial charge in [0.25, 0.3) is 0 Å². The predicted octanol–water partition coefficient (Wildman–Crippen LogP) is 2.07. The van der Waals surface area contributed by atoms with Crippen molar-refractivity contribution in [2.75, 3.05) is 19.0 Å². The van der Waals surface area contributed by atoms with E-state index in [0.29, 0.717) is 6.29 Å². The van der Waals surface area contributed by atoms with Crippen molar-refractivity contribution in [2.45, 2.75) is 6.18 Å². The molecule has 0 fully saturated rings. The Hall–Kier alpha value is -2.51. The highest BCUT2D eigenvalue weighted by atomic mass is 19.4. The average molecular weight is 313 g/mol. The Morgan fingerprint density at radius 2 is 1.86 bits per heavy atom. The molecule has 0 radical (unpaired) electrons. The van der Waals surface area contributed by atoms with Crippen LogP contribution in [0.15, 0.2) is 29.1 Å². The van der Waals surface area contributed by atoms with Crippen LogP contribution in [0.2, 0.25) is 0 Å². The Morgan fingerprint density at radius 3 is 2.36 bits per heavy atom. The minimum atomic E-state index is -4.51. The summed E-state index contributed by atoms with van der Waals surface area (Å²) >= 11 is 0. The summed E-state index contributed by atoms with van der Waals surface area (Å²) in [5.74, 6) is 0.224. The van der Waals surface area contributed by atoms with Gasteiger partial charge in [0.05, 0.1) is 11.3 Å². The standard InChI is InChI=1S/C14H14F3N3O2/c1-18(2)12-11(8-21)19(3)13(22)20(12)10-6-4-5-9(7-10)14(15,16)17/h4-8H,1-3H3. The van der Waals surface area contributed by atoms with Crippen molar-refractivity contribution < 1.29 is 18.0 Å². The van der Waals surface area contributed by atoms with Crippen LogP contribution in [0.5, 0.6) is 0 Å². The molecule has 0 aliphatic heterocycles. The highest BCUT2D eigenvalue weighted by molar-refractivity contribution is 5.81. The second kappa shape index (κ2) is 5.36. The molecule has 8 heteroatoms. The van der Waals surface area contributed by atoms with Gasteiger partial charge in [0.15, 0.2) is 6.29 Å². The van der Waals surface area contributed by atoms with E-state index in [4.69, 9.17) is 0 Å². The maximum absolute atomic E-state index is 12.8. The van der Waals surface area contributed by atoms with Gasteiger partial charge in [0.2, 0.25) is 0 Å². The zero-order valence-corrected chi connectivity index (χ0v) is 12.2. The average Bonchev–Trinajstić information content (AvgIpc) is 2.70. The molecule has 0 bridgehead atoms. The van der Waals surface area contributed by atoms with Gasteiger partial charge in [-0.15, -0.1) is 0 Å². The largest absolute Gasteiger partial charge is 0.416 e. The molecule has 2 rings (SSSR count). The van der Waals surface area contributed by atoms with Gasteiger partial charge in [0, 0.05) is 21.1 Å². The summed E-state index contributed by atoms with van der Waals surface area (Å²) in [5.41, 5.74) is -1.32. The first-order valence-corrected chi connectivity index (χ1v) is 6.30. The van der Waals surface area contributed by atoms with Crippen LogP contribution < -0.4 is 10.6 Å². The quantitative estimate of drug-likeness (QED) is 0.815. The minimum absolute atomic E-state index is 0.0484. The maximum Gasteiger partial charge on any atom is 0.416 e. The minimum Gasteiger partial charge on any atom is -0.362 e. The van der Waals surface area contributed by atoms with Gasteiger partial charge in [-0.05, 0) is 18.2 Å². The topological polar surface area (TPSA) is 47.2 Å². The van der Waals surface area contributed by atoms with E-state index in [0.717, 1.165) is 21.3 Å². The number of benzene rings is 1. The molecule has 0 saturated carbocycles. The van der Waals surface area contributed by atoms with E-state index in [-0.39, 0.29) is 17.2 Å². The number of rotatable bonds is 3. The molecule has 118 valence electrons. The number of halogens is 3. The molecule has 1 aromatic carbocycles. The van der Waals surface area contributed by atoms with Crippen LogP contribution in [0.25, 0.3) is 5.69 Å². The van der Waals surface area contributed by atoms with Crippen molar-refractivity contribution in [1.82, 2.24) is 9.13 Å². The fraction of sp³-hybridized carbons (Fsp3) is 0.286. The number of hydrogen-bond donors (Lipinski definition) is 0. The number of aromatic nitrogens is 2. The molecular weight excluding hydrogens is 299 g/mol. The number of aldehydes is 1. The molecule has 0 saturated heterocycles. The molecule has 0 spiro atoms. The van der Waals surface area contributed by atoms with E-state index >= 15 is 0 Å². The summed E-state index contributed by atoms with van der Waals surface area (Å²) in [6, 6.07) is 4.41. The molecule has 5 nitrogen and oxygen atoms in total. The smallest absolute Gasteiger partial charge is 0.362 e. The lowest BCUT2D eigenvalue weighted by molar-refractivity contribution is -0.137. The van der Waals surface area contributed by atoms with E-state index in [2.05, 4.69) is 0 Å². The molecule has 1 aromatic heterocycles. The highest BCUT2D eigenvalue weighted by Crippen LogP contribution is 2.31. The third kappa shape index (κ3) is 2.51. The zero-order chi connectivity index (χ0) is 16.7. The summed E-state index contributed by atoms with van der Waals surface area (Å²) in [6.07, 6.45) is -4.01. The predicted molar refractivity (Wildman–Crippen MR) is 75.7 cm³/mol. The SMILES string of the molecule is CN(C)c1c(C=O)n(C)c(=O)n1-c1cccc(C(F)(F)F)c1. The summed E-state index contributed by atoms with van der Waals surface area (Å²) in [6.45, 7) is 0. The van der Waals surface area contributed by atoms with E-state index in [1.165, 1.54) is 24.1 Å². The lowest BCUT2D eigenvalue weighted by Gasteiger charge is -2.16. The van der Waals surface area contributed by atoms with E-state index in [1.807, 2.05) is 0 Å².